The summed E-state index contributed by atoms with van der Waals surface area (Å²) in [5.74, 6) is 0.718. The van der Waals surface area contributed by atoms with E-state index in [1.165, 1.54) is 32.1 Å². The summed E-state index contributed by atoms with van der Waals surface area (Å²) < 4.78 is 6.11. The maximum absolute atomic E-state index is 6.26. The fourth-order valence-electron chi connectivity index (χ4n) is 2.89. The van der Waals surface area contributed by atoms with Gasteiger partial charge in [0, 0.05) is 11.6 Å². The van der Waals surface area contributed by atoms with Crippen LogP contribution in [0.5, 0.6) is 0 Å². The lowest BCUT2D eigenvalue weighted by Crippen LogP contribution is -2.27. The summed E-state index contributed by atoms with van der Waals surface area (Å²) in [5, 5.41) is 0.770. The van der Waals surface area contributed by atoms with Crippen molar-refractivity contribution in [3.05, 3.63) is 34.3 Å². The van der Waals surface area contributed by atoms with Crippen LogP contribution in [0, 0.1) is 5.92 Å². The SMILES string of the molecule is CCC1CCCCC1OCc1ccc(CN)cc1Cl. The summed E-state index contributed by atoms with van der Waals surface area (Å²) in [6.07, 6.45) is 6.76. The smallest absolute Gasteiger partial charge is 0.0735 e. The van der Waals surface area contributed by atoms with Crippen LogP contribution < -0.4 is 5.73 Å². The van der Waals surface area contributed by atoms with Crippen LogP contribution in [0.25, 0.3) is 0 Å². The maximum Gasteiger partial charge on any atom is 0.0735 e. The molecule has 2 rings (SSSR count). The molecule has 19 heavy (non-hydrogen) atoms. The summed E-state index contributed by atoms with van der Waals surface area (Å²) in [6, 6.07) is 6.01. The molecule has 1 saturated carbocycles. The minimum Gasteiger partial charge on any atom is -0.373 e. The zero-order valence-electron chi connectivity index (χ0n) is 11.7. The third-order valence-corrected chi connectivity index (χ3v) is 4.52. The number of hydrogen-bond donors (Lipinski definition) is 1. The average molecular weight is 282 g/mol. The van der Waals surface area contributed by atoms with Crippen molar-refractivity contribution >= 4 is 11.6 Å². The molecule has 0 amide bonds. The van der Waals surface area contributed by atoms with Crippen LogP contribution in [-0.4, -0.2) is 6.10 Å². The second-order valence-corrected chi connectivity index (χ2v) is 5.84. The molecule has 106 valence electrons. The van der Waals surface area contributed by atoms with E-state index in [4.69, 9.17) is 22.1 Å². The lowest BCUT2D eigenvalue weighted by Gasteiger charge is -2.30. The molecule has 2 unspecified atom stereocenters. The van der Waals surface area contributed by atoms with Crippen molar-refractivity contribution in [2.24, 2.45) is 11.7 Å². The van der Waals surface area contributed by atoms with Crippen LogP contribution in [0.15, 0.2) is 18.2 Å². The van der Waals surface area contributed by atoms with Crippen LogP contribution in [0.1, 0.15) is 50.2 Å². The number of hydrogen-bond acceptors (Lipinski definition) is 2. The Morgan fingerprint density at radius 3 is 2.79 bits per heavy atom. The van der Waals surface area contributed by atoms with Crippen LogP contribution >= 0.6 is 11.6 Å². The van der Waals surface area contributed by atoms with Gasteiger partial charge in [0.2, 0.25) is 0 Å². The van der Waals surface area contributed by atoms with Gasteiger partial charge >= 0.3 is 0 Å². The number of halogens is 1. The van der Waals surface area contributed by atoms with Crippen molar-refractivity contribution in [3.63, 3.8) is 0 Å². The highest BCUT2D eigenvalue weighted by Crippen LogP contribution is 2.30. The molecule has 1 aliphatic rings. The first-order valence-corrected chi connectivity index (χ1v) is 7.71. The van der Waals surface area contributed by atoms with Gasteiger partial charge in [0.05, 0.1) is 12.7 Å². The van der Waals surface area contributed by atoms with E-state index in [0.29, 0.717) is 19.3 Å². The van der Waals surface area contributed by atoms with Gasteiger partial charge in [-0.1, -0.05) is 49.9 Å². The molecule has 1 aromatic carbocycles. The maximum atomic E-state index is 6.26. The first-order chi connectivity index (χ1) is 9.24. The molecule has 1 aliphatic carbocycles. The Bertz CT molecular complexity index is 408. The highest BCUT2D eigenvalue weighted by molar-refractivity contribution is 6.31. The molecule has 0 spiro atoms. The van der Waals surface area contributed by atoms with E-state index in [9.17, 15) is 0 Å². The number of rotatable bonds is 5. The molecule has 2 N–H and O–H groups in total. The standard InChI is InChI=1S/C16H24ClNO/c1-2-13-5-3-4-6-16(13)19-11-14-8-7-12(10-18)9-15(14)17/h7-9,13,16H,2-6,10-11,18H2,1H3. The van der Waals surface area contributed by atoms with Crippen molar-refractivity contribution in [2.45, 2.75) is 58.3 Å². The van der Waals surface area contributed by atoms with Gasteiger partial charge in [-0.15, -0.1) is 0 Å². The second kappa shape index (κ2) is 7.28. The lowest BCUT2D eigenvalue weighted by atomic mass is 9.85. The molecule has 0 radical (unpaired) electrons. The van der Waals surface area contributed by atoms with Crippen molar-refractivity contribution in [1.82, 2.24) is 0 Å². The molecule has 1 fully saturated rings. The van der Waals surface area contributed by atoms with Crippen LogP contribution in [0.4, 0.5) is 0 Å². The third-order valence-electron chi connectivity index (χ3n) is 4.17. The first-order valence-electron chi connectivity index (χ1n) is 7.33. The molecule has 2 atom stereocenters. The Morgan fingerprint density at radius 2 is 2.11 bits per heavy atom. The van der Waals surface area contributed by atoms with Gasteiger partial charge in [-0.3, -0.25) is 0 Å². The number of ether oxygens (including phenoxy) is 1. The number of benzene rings is 1. The van der Waals surface area contributed by atoms with E-state index in [0.717, 1.165) is 22.1 Å². The Morgan fingerprint density at radius 1 is 1.32 bits per heavy atom. The van der Waals surface area contributed by atoms with Gasteiger partial charge in [-0.2, -0.15) is 0 Å². The molecule has 0 heterocycles. The quantitative estimate of drug-likeness (QED) is 0.874. The van der Waals surface area contributed by atoms with E-state index in [1.54, 1.807) is 0 Å². The summed E-state index contributed by atoms with van der Waals surface area (Å²) >= 11 is 6.26. The molecule has 1 aromatic rings. The lowest BCUT2D eigenvalue weighted by molar-refractivity contribution is -0.0221. The van der Waals surface area contributed by atoms with Crippen LogP contribution in [0.2, 0.25) is 5.02 Å². The van der Waals surface area contributed by atoms with Crippen LogP contribution in [-0.2, 0) is 17.9 Å². The summed E-state index contributed by atoms with van der Waals surface area (Å²) in [6.45, 7) is 3.40. The van der Waals surface area contributed by atoms with Crippen molar-refractivity contribution < 1.29 is 4.74 Å². The minimum atomic E-state index is 0.406. The van der Waals surface area contributed by atoms with E-state index in [2.05, 4.69) is 6.92 Å². The van der Waals surface area contributed by atoms with Gasteiger partial charge < -0.3 is 10.5 Å². The Kier molecular flexibility index (Phi) is 5.68. The normalized spacial score (nSPS) is 23.5. The minimum absolute atomic E-state index is 0.406. The van der Waals surface area contributed by atoms with E-state index in [1.807, 2.05) is 18.2 Å². The van der Waals surface area contributed by atoms with Gasteiger partial charge in [0.25, 0.3) is 0 Å². The van der Waals surface area contributed by atoms with E-state index in [-0.39, 0.29) is 0 Å². The summed E-state index contributed by atoms with van der Waals surface area (Å²) in [4.78, 5) is 0. The van der Waals surface area contributed by atoms with Crippen molar-refractivity contribution in [2.75, 3.05) is 0 Å². The topological polar surface area (TPSA) is 35.2 Å². The Hall–Kier alpha value is -0.570. The Labute approximate surface area is 121 Å². The van der Waals surface area contributed by atoms with Crippen molar-refractivity contribution in [3.8, 4) is 0 Å². The molecule has 0 aliphatic heterocycles. The predicted octanol–water partition coefficient (Wildman–Crippen LogP) is 4.28. The van der Waals surface area contributed by atoms with E-state index >= 15 is 0 Å². The molecular weight excluding hydrogens is 258 g/mol. The summed E-state index contributed by atoms with van der Waals surface area (Å²) in [5.41, 5.74) is 7.74. The van der Waals surface area contributed by atoms with Crippen molar-refractivity contribution in [1.29, 1.82) is 0 Å². The first kappa shape index (κ1) is 14.8. The summed E-state index contributed by atoms with van der Waals surface area (Å²) in [7, 11) is 0. The molecule has 3 heteroatoms. The van der Waals surface area contributed by atoms with Gasteiger partial charge in [0.1, 0.15) is 0 Å². The second-order valence-electron chi connectivity index (χ2n) is 5.43. The average Bonchev–Trinajstić information content (AvgIpc) is 2.46. The largest absolute Gasteiger partial charge is 0.373 e. The zero-order chi connectivity index (χ0) is 13.7. The van der Waals surface area contributed by atoms with Crippen LogP contribution in [0.3, 0.4) is 0 Å². The molecular formula is C16H24ClNO. The zero-order valence-corrected chi connectivity index (χ0v) is 12.5. The molecule has 0 saturated heterocycles. The van der Waals surface area contributed by atoms with Gasteiger partial charge in [-0.05, 0) is 36.0 Å². The highest BCUT2D eigenvalue weighted by Gasteiger charge is 2.24. The fraction of sp³-hybridized carbons (Fsp3) is 0.625. The third kappa shape index (κ3) is 3.95. The monoisotopic (exact) mass is 281 g/mol. The molecule has 2 nitrogen and oxygen atoms in total. The Balaban J connectivity index is 1.94. The molecule has 0 aromatic heterocycles. The van der Waals surface area contributed by atoms with Gasteiger partial charge in [0.15, 0.2) is 0 Å². The predicted molar refractivity (Wildman–Crippen MR) is 80.2 cm³/mol. The highest BCUT2D eigenvalue weighted by atomic mass is 35.5. The fourth-order valence-corrected chi connectivity index (χ4v) is 3.15. The van der Waals surface area contributed by atoms with Gasteiger partial charge in [-0.25, -0.2) is 0 Å². The molecule has 0 bridgehead atoms. The number of nitrogens with two attached hydrogens (primary N) is 1. The van der Waals surface area contributed by atoms with E-state index < -0.39 is 0 Å².